The van der Waals surface area contributed by atoms with Crippen molar-refractivity contribution in [2.75, 3.05) is 6.61 Å². The van der Waals surface area contributed by atoms with E-state index in [4.69, 9.17) is 15.8 Å². The summed E-state index contributed by atoms with van der Waals surface area (Å²) in [7, 11) is 0. The average molecular weight is 231 g/mol. The van der Waals surface area contributed by atoms with Crippen LogP contribution in [0.1, 0.15) is 24.5 Å². The monoisotopic (exact) mass is 231 g/mol. The maximum atomic E-state index is 8.77. The summed E-state index contributed by atoms with van der Waals surface area (Å²) < 4.78 is 5.48. The van der Waals surface area contributed by atoms with Gasteiger partial charge in [0.2, 0.25) is 0 Å². The Hall–Kier alpha value is -1.57. The van der Waals surface area contributed by atoms with Crippen molar-refractivity contribution >= 4 is 0 Å². The quantitative estimate of drug-likeness (QED) is 0.803. The molecule has 17 heavy (non-hydrogen) atoms. The maximum absolute atomic E-state index is 8.77. The van der Waals surface area contributed by atoms with Gasteiger partial charge in [-0.15, -0.1) is 0 Å². The van der Waals surface area contributed by atoms with Crippen LogP contribution in [-0.2, 0) is 13.0 Å². The molecule has 1 heterocycles. The average Bonchev–Trinajstić information content (AvgIpc) is 2.31. The molecule has 0 aromatic heterocycles. The van der Waals surface area contributed by atoms with E-state index in [-0.39, 0.29) is 6.04 Å². The van der Waals surface area contributed by atoms with Crippen molar-refractivity contribution in [3.63, 3.8) is 0 Å². The second-order valence-corrected chi connectivity index (χ2v) is 4.26. The predicted octanol–water partition coefficient (Wildman–Crippen LogP) is 1.60. The van der Waals surface area contributed by atoms with Crippen LogP contribution in [0.25, 0.3) is 0 Å². The van der Waals surface area contributed by atoms with Gasteiger partial charge in [0, 0.05) is 12.6 Å². The Balaban J connectivity index is 2.21. The summed E-state index contributed by atoms with van der Waals surface area (Å²) >= 11 is 0. The molecule has 4 nitrogen and oxygen atoms in total. The lowest BCUT2D eigenvalue weighted by atomic mass is 9.93. The third kappa shape index (κ3) is 2.57. The summed E-state index contributed by atoms with van der Waals surface area (Å²) in [4.78, 5) is 0. The Bertz CT molecular complexity index is 439. The van der Waals surface area contributed by atoms with E-state index in [0.29, 0.717) is 19.6 Å². The van der Waals surface area contributed by atoms with Crippen LogP contribution in [0.3, 0.4) is 0 Å². The van der Waals surface area contributed by atoms with E-state index in [0.717, 1.165) is 12.2 Å². The third-order valence-electron chi connectivity index (χ3n) is 3.09. The number of nitriles is 1. The minimum atomic E-state index is 0.115. The lowest BCUT2D eigenvalue weighted by Gasteiger charge is -2.32. The minimum absolute atomic E-state index is 0.115. The van der Waals surface area contributed by atoms with E-state index in [2.05, 4.69) is 18.2 Å². The zero-order valence-electron chi connectivity index (χ0n) is 10.0. The highest BCUT2D eigenvalue weighted by atomic mass is 16.5. The van der Waals surface area contributed by atoms with Crippen molar-refractivity contribution in [2.45, 2.75) is 32.4 Å². The lowest BCUT2D eigenvalue weighted by Crippen LogP contribution is -2.44. The maximum Gasteiger partial charge on any atom is 0.119 e. The molecule has 0 saturated carbocycles. The fourth-order valence-corrected chi connectivity index (χ4v) is 2.19. The van der Waals surface area contributed by atoms with Gasteiger partial charge in [0.25, 0.3) is 0 Å². The zero-order valence-corrected chi connectivity index (χ0v) is 10.0. The van der Waals surface area contributed by atoms with Crippen molar-refractivity contribution in [1.82, 2.24) is 5.01 Å². The second kappa shape index (κ2) is 5.17. The van der Waals surface area contributed by atoms with E-state index in [1.165, 1.54) is 11.1 Å². The molecule has 90 valence electrons. The molecule has 1 aromatic carbocycles. The Morgan fingerprint density at radius 1 is 1.53 bits per heavy atom. The van der Waals surface area contributed by atoms with Crippen molar-refractivity contribution in [1.29, 1.82) is 5.26 Å². The summed E-state index contributed by atoms with van der Waals surface area (Å²) in [6.45, 7) is 3.34. The van der Waals surface area contributed by atoms with Crippen molar-refractivity contribution in [3.05, 3.63) is 29.3 Å². The first-order valence-electron chi connectivity index (χ1n) is 5.87. The molecule has 0 fully saturated rings. The van der Waals surface area contributed by atoms with Crippen molar-refractivity contribution in [2.24, 2.45) is 5.84 Å². The molecule has 0 bridgehead atoms. The van der Waals surface area contributed by atoms with Crippen LogP contribution in [0.15, 0.2) is 18.2 Å². The van der Waals surface area contributed by atoms with Crippen LogP contribution in [0.5, 0.6) is 5.75 Å². The van der Waals surface area contributed by atoms with Crippen LogP contribution >= 0.6 is 0 Å². The Morgan fingerprint density at radius 3 is 3.06 bits per heavy atom. The van der Waals surface area contributed by atoms with Crippen molar-refractivity contribution in [3.8, 4) is 11.8 Å². The number of hydrogen-bond acceptors (Lipinski definition) is 4. The molecule has 0 spiro atoms. The fraction of sp³-hybridized carbons (Fsp3) is 0.462. The first kappa shape index (κ1) is 11.9. The van der Waals surface area contributed by atoms with Gasteiger partial charge in [-0.3, -0.25) is 5.84 Å². The molecule has 1 aliphatic heterocycles. The molecule has 1 aliphatic rings. The van der Waals surface area contributed by atoms with Crippen LogP contribution < -0.4 is 10.6 Å². The van der Waals surface area contributed by atoms with Gasteiger partial charge < -0.3 is 4.74 Å². The molecule has 0 amide bonds. The predicted molar refractivity (Wildman–Crippen MR) is 65.1 cm³/mol. The number of hydrazine groups is 1. The third-order valence-corrected chi connectivity index (χ3v) is 3.09. The Labute approximate surface area is 102 Å². The highest BCUT2D eigenvalue weighted by Crippen LogP contribution is 2.26. The molecule has 0 radical (unpaired) electrons. The summed E-state index contributed by atoms with van der Waals surface area (Å²) in [6.07, 6.45) is 1.29. The Kier molecular flexibility index (Phi) is 3.62. The Morgan fingerprint density at radius 2 is 2.35 bits per heavy atom. The largest absolute Gasteiger partial charge is 0.494 e. The van der Waals surface area contributed by atoms with E-state index in [9.17, 15) is 0 Å². The molecule has 1 unspecified atom stereocenters. The smallest absolute Gasteiger partial charge is 0.119 e. The summed E-state index contributed by atoms with van der Waals surface area (Å²) in [6, 6.07) is 8.40. The van der Waals surface area contributed by atoms with E-state index in [1.807, 2.05) is 13.0 Å². The van der Waals surface area contributed by atoms with Crippen LogP contribution in [0.2, 0.25) is 0 Å². The number of hydrogen-bond donors (Lipinski definition) is 1. The number of nitrogens with zero attached hydrogens (tertiary/aromatic N) is 2. The van der Waals surface area contributed by atoms with Crippen LogP contribution in [-0.4, -0.2) is 17.7 Å². The summed E-state index contributed by atoms with van der Waals surface area (Å²) in [5, 5.41) is 10.5. The SMILES string of the molecule is CCOc1ccc2c(c1)CC(CC#N)N(N)C2. The topological polar surface area (TPSA) is 62.3 Å². The number of benzene rings is 1. The van der Waals surface area contributed by atoms with Gasteiger partial charge in [0.15, 0.2) is 0 Å². The number of rotatable bonds is 3. The van der Waals surface area contributed by atoms with E-state index in [1.54, 1.807) is 5.01 Å². The van der Waals surface area contributed by atoms with Gasteiger partial charge in [0.1, 0.15) is 5.75 Å². The first-order valence-corrected chi connectivity index (χ1v) is 5.87. The highest BCUT2D eigenvalue weighted by molar-refractivity contribution is 5.37. The van der Waals surface area contributed by atoms with Gasteiger partial charge in [-0.1, -0.05) is 6.07 Å². The van der Waals surface area contributed by atoms with Gasteiger partial charge in [-0.2, -0.15) is 5.26 Å². The van der Waals surface area contributed by atoms with Gasteiger partial charge >= 0.3 is 0 Å². The molecular weight excluding hydrogens is 214 g/mol. The van der Waals surface area contributed by atoms with E-state index < -0.39 is 0 Å². The first-order chi connectivity index (χ1) is 8.24. The van der Waals surface area contributed by atoms with Gasteiger partial charge in [-0.25, -0.2) is 5.01 Å². The molecule has 0 saturated heterocycles. The second-order valence-electron chi connectivity index (χ2n) is 4.26. The normalized spacial score (nSPS) is 19.5. The number of ether oxygens (including phenoxy) is 1. The standard InChI is InChI=1S/C13H17N3O/c1-2-17-13-4-3-10-9-16(15)12(5-6-14)7-11(10)8-13/h3-4,8,12H,2,5,7,9,15H2,1H3. The molecule has 1 atom stereocenters. The van der Waals surface area contributed by atoms with Crippen LogP contribution in [0, 0.1) is 11.3 Å². The van der Waals surface area contributed by atoms with Crippen molar-refractivity contribution < 1.29 is 4.74 Å². The lowest BCUT2D eigenvalue weighted by molar-refractivity contribution is 0.177. The minimum Gasteiger partial charge on any atom is -0.494 e. The van der Waals surface area contributed by atoms with Crippen LogP contribution in [0.4, 0.5) is 0 Å². The molecule has 2 rings (SSSR count). The fourth-order valence-electron chi connectivity index (χ4n) is 2.19. The zero-order chi connectivity index (χ0) is 12.3. The molecule has 2 N–H and O–H groups in total. The van der Waals surface area contributed by atoms with E-state index >= 15 is 0 Å². The van der Waals surface area contributed by atoms with Gasteiger partial charge in [-0.05, 0) is 36.6 Å². The summed E-state index contributed by atoms with van der Waals surface area (Å²) in [5.41, 5.74) is 2.48. The summed E-state index contributed by atoms with van der Waals surface area (Å²) in [5.74, 6) is 6.82. The molecule has 0 aliphatic carbocycles. The van der Waals surface area contributed by atoms with Gasteiger partial charge in [0.05, 0.1) is 19.1 Å². The molecule has 1 aromatic rings. The number of fused-ring (bicyclic) bond motifs is 1. The highest BCUT2D eigenvalue weighted by Gasteiger charge is 2.23. The number of nitrogens with two attached hydrogens (primary N) is 1. The molecular formula is C13H17N3O. The molecule has 4 heteroatoms.